The molecule has 25 heavy (non-hydrogen) atoms. The van der Waals surface area contributed by atoms with Crippen LogP contribution < -0.4 is 10.1 Å². The molecule has 2 nitrogen and oxygen atoms in total. The Labute approximate surface area is 153 Å². The van der Waals surface area contributed by atoms with E-state index in [-0.39, 0.29) is 0 Å². The second-order valence-corrected chi connectivity index (χ2v) is 6.64. The van der Waals surface area contributed by atoms with Gasteiger partial charge in [0.15, 0.2) is 0 Å². The molecule has 136 valence electrons. The van der Waals surface area contributed by atoms with Gasteiger partial charge in [0.25, 0.3) is 0 Å². The monoisotopic (exact) mass is 339 g/mol. The van der Waals surface area contributed by atoms with Crippen LogP contribution in [0, 0.1) is 0 Å². The number of unbranched alkanes of at least 4 members (excludes halogenated alkanes) is 4. The molecule has 0 atom stereocenters. The number of benzene rings is 2. The lowest BCUT2D eigenvalue weighted by atomic mass is 10.1. The fraction of sp³-hybridized carbons (Fsp3) is 0.478. The maximum Gasteiger partial charge on any atom is 0.123 e. The van der Waals surface area contributed by atoms with Gasteiger partial charge in [0, 0.05) is 12.1 Å². The van der Waals surface area contributed by atoms with E-state index in [1.165, 1.54) is 43.2 Å². The van der Waals surface area contributed by atoms with Crippen molar-refractivity contribution in [1.29, 1.82) is 0 Å². The maximum absolute atomic E-state index is 6.03. The molecule has 0 bridgehead atoms. The molecule has 0 heterocycles. The molecular weight excluding hydrogens is 306 g/mol. The van der Waals surface area contributed by atoms with Gasteiger partial charge >= 0.3 is 0 Å². The summed E-state index contributed by atoms with van der Waals surface area (Å²) in [4.78, 5) is 0. The van der Waals surface area contributed by atoms with Crippen LogP contribution in [0.2, 0.25) is 0 Å². The fourth-order valence-electron chi connectivity index (χ4n) is 2.95. The van der Waals surface area contributed by atoms with E-state index >= 15 is 0 Å². The quantitative estimate of drug-likeness (QED) is 0.469. The zero-order valence-electron chi connectivity index (χ0n) is 15.7. The molecule has 0 aliphatic heterocycles. The Kier molecular flexibility index (Phi) is 9.80. The summed E-state index contributed by atoms with van der Waals surface area (Å²) < 4.78 is 6.03. The van der Waals surface area contributed by atoms with Crippen LogP contribution in [0.4, 0.5) is 0 Å². The van der Waals surface area contributed by atoms with Gasteiger partial charge in [-0.2, -0.15) is 0 Å². The highest BCUT2D eigenvalue weighted by Crippen LogP contribution is 2.18. The summed E-state index contributed by atoms with van der Waals surface area (Å²) in [6.07, 6.45) is 8.60. The summed E-state index contributed by atoms with van der Waals surface area (Å²) >= 11 is 0. The Hall–Kier alpha value is -1.80. The highest BCUT2D eigenvalue weighted by Gasteiger charge is 2.02. The largest absolute Gasteiger partial charge is 0.493 e. The summed E-state index contributed by atoms with van der Waals surface area (Å²) in [6, 6.07) is 19.1. The highest BCUT2D eigenvalue weighted by molar-refractivity contribution is 5.33. The summed E-state index contributed by atoms with van der Waals surface area (Å²) in [5.74, 6) is 1.03. The molecule has 0 fully saturated rings. The minimum absolute atomic E-state index is 0.792. The molecule has 0 aromatic heterocycles. The van der Waals surface area contributed by atoms with Crippen molar-refractivity contribution in [3.63, 3.8) is 0 Å². The first-order valence-electron chi connectivity index (χ1n) is 9.85. The van der Waals surface area contributed by atoms with Crippen LogP contribution in [0.15, 0.2) is 54.6 Å². The molecule has 0 spiro atoms. The lowest BCUT2D eigenvalue weighted by Crippen LogP contribution is -2.15. The molecule has 0 unspecified atom stereocenters. The lowest BCUT2D eigenvalue weighted by molar-refractivity contribution is 0.303. The van der Waals surface area contributed by atoms with Crippen LogP contribution in [0.1, 0.15) is 56.6 Å². The maximum atomic E-state index is 6.03. The van der Waals surface area contributed by atoms with Crippen LogP contribution in [0.3, 0.4) is 0 Å². The summed E-state index contributed by atoms with van der Waals surface area (Å²) in [5.41, 5.74) is 2.68. The third kappa shape index (κ3) is 8.22. The fourth-order valence-corrected chi connectivity index (χ4v) is 2.95. The van der Waals surface area contributed by atoms with Gasteiger partial charge in [-0.1, -0.05) is 74.7 Å². The molecule has 0 amide bonds. The van der Waals surface area contributed by atoms with E-state index in [2.05, 4.69) is 66.8 Å². The van der Waals surface area contributed by atoms with Crippen LogP contribution >= 0.6 is 0 Å². The highest BCUT2D eigenvalue weighted by atomic mass is 16.5. The van der Waals surface area contributed by atoms with Gasteiger partial charge in [-0.25, -0.2) is 0 Å². The number of ether oxygens (including phenoxy) is 1. The second kappa shape index (κ2) is 12.5. The van der Waals surface area contributed by atoms with Gasteiger partial charge in [0.05, 0.1) is 6.61 Å². The Morgan fingerprint density at radius 1 is 0.800 bits per heavy atom. The summed E-state index contributed by atoms with van der Waals surface area (Å²) in [7, 11) is 0. The molecule has 0 saturated carbocycles. The van der Waals surface area contributed by atoms with Gasteiger partial charge in [-0.15, -0.1) is 0 Å². The molecule has 0 saturated heterocycles. The van der Waals surface area contributed by atoms with Crippen LogP contribution in [-0.2, 0) is 13.0 Å². The van der Waals surface area contributed by atoms with Crippen molar-refractivity contribution >= 4 is 0 Å². The Morgan fingerprint density at radius 3 is 2.44 bits per heavy atom. The predicted molar refractivity (Wildman–Crippen MR) is 107 cm³/mol. The Balaban J connectivity index is 1.64. The van der Waals surface area contributed by atoms with Crippen molar-refractivity contribution in [2.45, 2.75) is 58.4 Å². The van der Waals surface area contributed by atoms with Crippen molar-refractivity contribution in [3.8, 4) is 5.75 Å². The molecule has 0 radical (unpaired) electrons. The van der Waals surface area contributed by atoms with Crippen molar-refractivity contribution in [2.75, 3.05) is 13.2 Å². The predicted octanol–water partition coefficient (Wildman–Crippen LogP) is 5.76. The zero-order valence-corrected chi connectivity index (χ0v) is 15.7. The zero-order chi connectivity index (χ0) is 17.6. The molecule has 1 N–H and O–H groups in total. The number of aryl methyl sites for hydroxylation is 1. The Morgan fingerprint density at radius 2 is 1.60 bits per heavy atom. The smallest absolute Gasteiger partial charge is 0.123 e. The number of para-hydroxylation sites is 1. The minimum atomic E-state index is 0.792. The van der Waals surface area contributed by atoms with Crippen molar-refractivity contribution in [2.24, 2.45) is 0 Å². The van der Waals surface area contributed by atoms with Gasteiger partial charge in [-0.05, 0) is 43.9 Å². The molecule has 0 aliphatic rings. The third-order valence-corrected chi connectivity index (χ3v) is 4.46. The van der Waals surface area contributed by atoms with E-state index in [1.807, 2.05) is 0 Å². The minimum Gasteiger partial charge on any atom is -0.493 e. The van der Waals surface area contributed by atoms with Crippen molar-refractivity contribution < 1.29 is 4.74 Å². The molecule has 2 aromatic rings. The number of hydrogen-bond donors (Lipinski definition) is 1. The van der Waals surface area contributed by atoms with Gasteiger partial charge < -0.3 is 10.1 Å². The molecule has 2 aromatic carbocycles. The molecule has 2 rings (SSSR count). The van der Waals surface area contributed by atoms with E-state index in [0.717, 1.165) is 38.3 Å². The number of rotatable bonds is 13. The topological polar surface area (TPSA) is 21.3 Å². The average Bonchev–Trinajstić information content (AvgIpc) is 2.66. The van der Waals surface area contributed by atoms with Crippen LogP contribution in [0.25, 0.3) is 0 Å². The summed E-state index contributed by atoms with van der Waals surface area (Å²) in [5, 5.41) is 3.54. The normalized spacial score (nSPS) is 10.8. The lowest BCUT2D eigenvalue weighted by Gasteiger charge is -2.12. The van der Waals surface area contributed by atoms with Crippen LogP contribution in [0.5, 0.6) is 5.75 Å². The third-order valence-electron chi connectivity index (χ3n) is 4.46. The van der Waals surface area contributed by atoms with E-state index in [0.29, 0.717) is 0 Å². The molecular formula is C23H33NO. The average molecular weight is 340 g/mol. The van der Waals surface area contributed by atoms with Crippen molar-refractivity contribution in [1.82, 2.24) is 5.32 Å². The standard InChI is InChI=1S/C23H33NO/c1-2-3-4-11-18-24-20-22-16-8-9-17-23(22)25-19-12-10-15-21-13-6-5-7-14-21/h5-9,13-14,16-17,24H,2-4,10-12,15,18-20H2,1H3. The molecule has 0 aliphatic carbocycles. The van der Waals surface area contributed by atoms with Crippen molar-refractivity contribution in [3.05, 3.63) is 65.7 Å². The van der Waals surface area contributed by atoms with Crippen LogP contribution in [-0.4, -0.2) is 13.2 Å². The van der Waals surface area contributed by atoms with Gasteiger partial charge in [-0.3, -0.25) is 0 Å². The Bertz CT molecular complexity index is 567. The first-order valence-corrected chi connectivity index (χ1v) is 9.85. The van der Waals surface area contributed by atoms with E-state index in [4.69, 9.17) is 4.74 Å². The number of nitrogens with one attached hydrogen (secondary N) is 1. The SMILES string of the molecule is CCCCCCNCc1ccccc1OCCCCc1ccccc1. The molecule has 2 heteroatoms. The first kappa shape index (κ1) is 19.5. The van der Waals surface area contributed by atoms with E-state index < -0.39 is 0 Å². The number of hydrogen-bond acceptors (Lipinski definition) is 2. The summed E-state index contributed by atoms with van der Waals surface area (Å²) in [6.45, 7) is 5.03. The van der Waals surface area contributed by atoms with E-state index in [1.54, 1.807) is 0 Å². The van der Waals surface area contributed by atoms with Gasteiger partial charge in [0.2, 0.25) is 0 Å². The first-order chi connectivity index (χ1) is 12.4. The van der Waals surface area contributed by atoms with Gasteiger partial charge in [0.1, 0.15) is 5.75 Å². The van der Waals surface area contributed by atoms with E-state index in [9.17, 15) is 0 Å². The second-order valence-electron chi connectivity index (χ2n) is 6.64.